The molecule has 1 saturated heterocycles. The SMILES string of the molecule is O=S(=O)(NCCCN1CCNCC1)c1cc(F)ccc1Br. The third-order valence-electron chi connectivity index (χ3n) is 3.34. The molecule has 118 valence electrons. The molecule has 0 spiro atoms. The maximum absolute atomic E-state index is 13.2. The Hall–Kier alpha value is -0.540. The minimum Gasteiger partial charge on any atom is -0.314 e. The van der Waals surface area contributed by atoms with Gasteiger partial charge in [0.25, 0.3) is 0 Å². The molecule has 0 atom stereocenters. The fraction of sp³-hybridized carbons (Fsp3) is 0.538. The summed E-state index contributed by atoms with van der Waals surface area (Å²) in [4.78, 5) is 2.23. The molecule has 1 heterocycles. The molecule has 8 heteroatoms. The zero-order valence-corrected chi connectivity index (χ0v) is 14.0. The molecular formula is C13H19BrFN3O2S. The lowest BCUT2D eigenvalue weighted by atomic mass is 10.3. The van der Waals surface area contributed by atoms with Crippen LogP contribution < -0.4 is 10.0 Å². The predicted octanol–water partition coefficient (Wildman–Crippen LogP) is 1.16. The number of nitrogens with one attached hydrogen (secondary N) is 2. The van der Waals surface area contributed by atoms with Crippen LogP contribution >= 0.6 is 15.9 Å². The quantitative estimate of drug-likeness (QED) is 0.728. The molecule has 5 nitrogen and oxygen atoms in total. The molecule has 0 aromatic heterocycles. The second-order valence-corrected chi connectivity index (χ2v) is 7.51. The molecule has 0 aliphatic carbocycles. The van der Waals surface area contributed by atoms with Crippen molar-refractivity contribution in [3.8, 4) is 0 Å². The minimum absolute atomic E-state index is 0.0651. The van der Waals surface area contributed by atoms with Crippen molar-refractivity contribution >= 4 is 26.0 Å². The van der Waals surface area contributed by atoms with Crippen LogP contribution in [-0.2, 0) is 10.0 Å². The van der Waals surface area contributed by atoms with Gasteiger partial charge in [0, 0.05) is 37.2 Å². The molecule has 0 bridgehead atoms. The van der Waals surface area contributed by atoms with E-state index >= 15 is 0 Å². The van der Waals surface area contributed by atoms with Gasteiger partial charge in [0.05, 0.1) is 4.90 Å². The molecule has 2 rings (SSSR count). The van der Waals surface area contributed by atoms with Crippen molar-refractivity contribution in [3.05, 3.63) is 28.5 Å². The summed E-state index contributed by atoms with van der Waals surface area (Å²) >= 11 is 3.14. The normalized spacial score (nSPS) is 17.0. The summed E-state index contributed by atoms with van der Waals surface area (Å²) in [5.74, 6) is -0.570. The van der Waals surface area contributed by atoms with Crippen molar-refractivity contribution in [1.82, 2.24) is 14.9 Å². The summed E-state index contributed by atoms with van der Waals surface area (Å²) in [6.45, 7) is 5.12. The predicted molar refractivity (Wildman–Crippen MR) is 83.2 cm³/mol. The minimum atomic E-state index is -3.68. The van der Waals surface area contributed by atoms with Crippen LogP contribution in [0.3, 0.4) is 0 Å². The van der Waals surface area contributed by atoms with Crippen molar-refractivity contribution in [2.75, 3.05) is 39.3 Å². The molecule has 1 aliphatic rings. The number of piperazine rings is 1. The Balaban J connectivity index is 1.85. The summed E-state index contributed by atoms with van der Waals surface area (Å²) in [6, 6.07) is 3.63. The highest BCUT2D eigenvalue weighted by Crippen LogP contribution is 2.22. The molecule has 0 radical (unpaired) electrons. The fourth-order valence-electron chi connectivity index (χ4n) is 2.20. The van der Waals surface area contributed by atoms with E-state index in [-0.39, 0.29) is 4.90 Å². The smallest absolute Gasteiger partial charge is 0.241 e. The van der Waals surface area contributed by atoms with Crippen molar-refractivity contribution in [2.45, 2.75) is 11.3 Å². The van der Waals surface area contributed by atoms with E-state index in [4.69, 9.17) is 0 Å². The number of benzene rings is 1. The van der Waals surface area contributed by atoms with Crippen molar-refractivity contribution < 1.29 is 12.8 Å². The molecule has 21 heavy (non-hydrogen) atoms. The van der Waals surface area contributed by atoms with E-state index in [0.717, 1.165) is 45.2 Å². The second kappa shape index (κ2) is 7.64. The third kappa shape index (κ3) is 5.00. The maximum atomic E-state index is 13.2. The number of hydrogen-bond donors (Lipinski definition) is 2. The third-order valence-corrected chi connectivity index (χ3v) is 5.79. The molecule has 1 aromatic rings. The molecule has 1 aromatic carbocycles. The van der Waals surface area contributed by atoms with Crippen molar-refractivity contribution in [2.24, 2.45) is 0 Å². The highest BCUT2D eigenvalue weighted by atomic mass is 79.9. The van der Waals surface area contributed by atoms with Crippen LogP contribution in [0.15, 0.2) is 27.6 Å². The van der Waals surface area contributed by atoms with Gasteiger partial charge >= 0.3 is 0 Å². The van der Waals surface area contributed by atoms with Crippen LogP contribution in [0, 0.1) is 5.82 Å². The first-order valence-electron chi connectivity index (χ1n) is 6.87. The largest absolute Gasteiger partial charge is 0.314 e. The zero-order chi connectivity index (χ0) is 15.3. The zero-order valence-electron chi connectivity index (χ0n) is 11.6. The van der Waals surface area contributed by atoms with Crippen LogP contribution in [0.25, 0.3) is 0 Å². The van der Waals surface area contributed by atoms with E-state index in [1.54, 1.807) is 0 Å². The van der Waals surface area contributed by atoms with Crippen molar-refractivity contribution in [1.29, 1.82) is 0 Å². The lowest BCUT2D eigenvalue weighted by Gasteiger charge is -2.27. The summed E-state index contributed by atoms with van der Waals surface area (Å²) in [5.41, 5.74) is 0. The molecule has 1 aliphatic heterocycles. The number of sulfonamides is 1. The molecule has 2 N–H and O–H groups in total. The average Bonchev–Trinajstić information content (AvgIpc) is 2.47. The first-order chi connectivity index (χ1) is 9.99. The van der Waals surface area contributed by atoms with Gasteiger partial charge < -0.3 is 10.2 Å². The van der Waals surface area contributed by atoms with E-state index < -0.39 is 15.8 Å². The van der Waals surface area contributed by atoms with E-state index in [2.05, 4.69) is 30.9 Å². The van der Waals surface area contributed by atoms with Gasteiger partial charge in [-0.25, -0.2) is 17.5 Å². The lowest BCUT2D eigenvalue weighted by molar-refractivity contribution is 0.239. The number of nitrogens with zero attached hydrogens (tertiary/aromatic N) is 1. The van der Waals surface area contributed by atoms with Gasteiger partial charge in [-0.3, -0.25) is 0 Å². The molecule has 0 saturated carbocycles. The summed E-state index contributed by atoms with van der Waals surface area (Å²) in [5, 5.41) is 3.27. The Bertz CT molecular complexity index is 577. The highest BCUT2D eigenvalue weighted by Gasteiger charge is 2.18. The Morgan fingerprint density at radius 3 is 2.76 bits per heavy atom. The van der Waals surface area contributed by atoms with Crippen molar-refractivity contribution in [3.63, 3.8) is 0 Å². The molecular weight excluding hydrogens is 361 g/mol. The van der Waals surface area contributed by atoms with E-state index in [1.807, 2.05) is 0 Å². The Kier molecular flexibility index (Phi) is 6.12. The van der Waals surface area contributed by atoms with Crippen LogP contribution in [0.1, 0.15) is 6.42 Å². The maximum Gasteiger partial charge on any atom is 0.241 e. The monoisotopic (exact) mass is 379 g/mol. The van der Waals surface area contributed by atoms with Gasteiger partial charge in [0.15, 0.2) is 0 Å². The Morgan fingerprint density at radius 1 is 1.33 bits per heavy atom. The summed E-state index contributed by atoms with van der Waals surface area (Å²) < 4.78 is 40.3. The van der Waals surface area contributed by atoms with Crippen LogP contribution in [0.2, 0.25) is 0 Å². The van der Waals surface area contributed by atoms with E-state index in [9.17, 15) is 12.8 Å². The highest BCUT2D eigenvalue weighted by molar-refractivity contribution is 9.10. The second-order valence-electron chi connectivity index (χ2n) is 4.92. The molecule has 0 amide bonds. The summed E-state index contributed by atoms with van der Waals surface area (Å²) in [7, 11) is -3.68. The van der Waals surface area contributed by atoms with Gasteiger partial charge in [-0.05, 0) is 47.1 Å². The number of halogens is 2. The van der Waals surface area contributed by atoms with Crippen LogP contribution in [0.4, 0.5) is 4.39 Å². The fourth-order valence-corrected chi connectivity index (χ4v) is 4.25. The first kappa shape index (κ1) is 16.8. The lowest BCUT2D eigenvalue weighted by Crippen LogP contribution is -2.44. The summed E-state index contributed by atoms with van der Waals surface area (Å²) in [6.07, 6.45) is 0.728. The van der Waals surface area contributed by atoms with Gasteiger partial charge in [-0.1, -0.05) is 0 Å². The molecule has 1 fully saturated rings. The van der Waals surface area contributed by atoms with Gasteiger partial charge in [-0.2, -0.15) is 0 Å². The number of hydrogen-bond acceptors (Lipinski definition) is 4. The number of rotatable bonds is 6. The topological polar surface area (TPSA) is 61.4 Å². The standard InChI is InChI=1S/C13H19BrFN3O2S/c14-12-3-2-11(15)10-13(12)21(19,20)17-4-1-7-18-8-5-16-6-9-18/h2-3,10,16-17H,1,4-9H2. The van der Waals surface area contributed by atoms with Gasteiger partial charge in [-0.15, -0.1) is 0 Å². The van der Waals surface area contributed by atoms with Gasteiger partial charge in [0.2, 0.25) is 10.0 Å². The average molecular weight is 380 g/mol. The van der Waals surface area contributed by atoms with Crippen LogP contribution in [0.5, 0.6) is 0 Å². The van der Waals surface area contributed by atoms with Gasteiger partial charge in [0.1, 0.15) is 5.82 Å². The molecule has 0 unspecified atom stereocenters. The Labute approximate surface area is 133 Å². The van der Waals surface area contributed by atoms with E-state index in [0.29, 0.717) is 11.0 Å². The Morgan fingerprint density at radius 2 is 2.05 bits per heavy atom. The van der Waals surface area contributed by atoms with E-state index in [1.165, 1.54) is 12.1 Å². The van der Waals surface area contributed by atoms with Crippen LogP contribution in [-0.4, -0.2) is 52.6 Å². The first-order valence-corrected chi connectivity index (χ1v) is 9.14.